The van der Waals surface area contributed by atoms with Gasteiger partial charge in [0.2, 0.25) is 15.9 Å². The summed E-state index contributed by atoms with van der Waals surface area (Å²) in [6.45, 7) is 2.58. The zero-order valence-corrected chi connectivity index (χ0v) is 19.2. The van der Waals surface area contributed by atoms with Crippen LogP contribution in [0.1, 0.15) is 43.4 Å². The van der Waals surface area contributed by atoms with E-state index < -0.39 is 10.0 Å². The molecular weight excluding hydrogens is 443 g/mol. The molecule has 0 radical (unpaired) electrons. The van der Waals surface area contributed by atoms with E-state index in [1.54, 1.807) is 18.2 Å². The summed E-state index contributed by atoms with van der Waals surface area (Å²) < 4.78 is 27.4. The molecule has 8 heteroatoms. The summed E-state index contributed by atoms with van der Waals surface area (Å²) in [5, 5.41) is 3.74. The predicted molar refractivity (Wildman–Crippen MR) is 121 cm³/mol. The Kier molecular flexibility index (Phi) is 7.80. The van der Waals surface area contributed by atoms with Crippen LogP contribution in [0, 0.1) is 5.92 Å². The fourth-order valence-corrected chi connectivity index (χ4v) is 6.11. The second kappa shape index (κ2) is 10.1. The number of nitrogens with zero attached hydrogens (tertiary/aromatic N) is 1. The quantitative estimate of drug-likeness (QED) is 0.634. The molecule has 3 rings (SSSR count). The average Bonchev–Trinajstić information content (AvgIpc) is 2.75. The van der Waals surface area contributed by atoms with Crippen LogP contribution in [-0.2, 0) is 20.6 Å². The van der Waals surface area contributed by atoms with Crippen LogP contribution in [0.15, 0.2) is 48.5 Å². The highest BCUT2D eigenvalue weighted by Crippen LogP contribution is 2.29. The molecule has 0 saturated carbocycles. The summed E-state index contributed by atoms with van der Waals surface area (Å²) in [5.74, 6) is -0.768. The second-order valence-electron chi connectivity index (χ2n) is 7.53. The van der Waals surface area contributed by atoms with Crippen LogP contribution in [0.2, 0.25) is 10.0 Å². The third-order valence-corrected chi connectivity index (χ3v) is 7.94. The highest BCUT2D eigenvalue weighted by atomic mass is 35.5. The zero-order valence-electron chi connectivity index (χ0n) is 16.9. The molecule has 30 heavy (non-hydrogen) atoms. The number of carbonyl (C=O) groups excluding carboxylic acids is 1. The summed E-state index contributed by atoms with van der Waals surface area (Å²) in [5.41, 5.74) is 1.43. The number of carbonyl (C=O) groups is 1. The molecule has 162 valence electrons. The molecule has 1 aliphatic heterocycles. The van der Waals surface area contributed by atoms with Gasteiger partial charge in [0.05, 0.1) is 17.7 Å². The van der Waals surface area contributed by atoms with Crippen molar-refractivity contribution < 1.29 is 13.2 Å². The zero-order chi connectivity index (χ0) is 21.7. The van der Waals surface area contributed by atoms with E-state index in [2.05, 4.69) is 5.32 Å². The van der Waals surface area contributed by atoms with Gasteiger partial charge in [-0.3, -0.25) is 4.79 Å². The number of amides is 1. The summed E-state index contributed by atoms with van der Waals surface area (Å²) in [4.78, 5) is 12.9. The van der Waals surface area contributed by atoms with E-state index >= 15 is 0 Å². The minimum Gasteiger partial charge on any atom is -0.349 e. The monoisotopic (exact) mass is 468 g/mol. The Morgan fingerprint density at radius 2 is 1.80 bits per heavy atom. The highest BCUT2D eigenvalue weighted by molar-refractivity contribution is 7.88. The average molecular weight is 469 g/mol. The van der Waals surface area contributed by atoms with Crippen LogP contribution < -0.4 is 5.32 Å². The largest absolute Gasteiger partial charge is 0.349 e. The van der Waals surface area contributed by atoms with E-state index in [0.717, 1.165) is 12.0 Å². The molecule has 1 N–H and O–H groups in total. The molecule has 5 nitrogen and oxygen atoms in total. The minimum atomic E-state index is -3.65. The van der Waals surface area contributed by atoms with Gasteiger partial charge in [-0.05, 0) is 37.0 Å². The van der Waals surface area contributed by atoms with E-state index in [1.165, 1.54) is 4.31 Å². The SMILES string of the molecule is CC[C@@H](NC(=O)[C@@H]1CCCN(S(=O)(=O)Cc2c(Cl)cccc2Cl)C1)c1ccccc1. The van der Waals surface area contributed by atoms with Crippen LogP contribution in [0.5, 0.6) is 0 Å². The van der Waals surface area contributed by atoms with Gasteiger partial charge in [0.15, 0.2) is 0 Å². The maximum absolute atomic E-state index is 13.0. The van der Waals surface area contributed by atoms with Gasteiger partial charge in [-0.2, -0.15) is 0 Å². The van der Waals surface area contributed by atoms with E-state index in [4.69, 9.17) is 23.2 Å². The Hall–Kier alpha value is -1.60. The normalized spacial score (nSPS) is 18.7. The summed E-state index contributed by atoms with van der Waals surface area (Å²) in [7, 11) is -3.65. The Bertz CT molecular complexity index is 963. The molecule has 0 unspecified atom stereocenters. The van der Waals surface area contributed by atoms with Crippen molar-refractivity contribution in [1.82, 2.24) is 9.62 Å². The molecular formula is C22H26Cl2N2O3S. The molecule has 1 fully saturated rings. The maximum atomic E-state index is 13.0. The van der Waals surface area contributed by atoms with Crippen molar-refractivity contribution in [2.24, 2.45) is 5.92 Å². The smallest absolute Gasteiger partial charge is 0.224 e. The summed E-state index contributed by atoms with van der Waals surface area (Å²) in [6, 6.07) is 14.6. The highest BCUT2D eigenvalue weighted by Gasteiger charge is 2.33. The lowest BCUT2D eigenvalue weighted by atomic mass is 9.97. The number of rotatable bonds is 7. The third-order valence-electron chi connectivity index (χ3n) is 5.46. The maximum Gasteiger partial charge on any atom is 0.224 e. The van der Waals surface area contributed by atoms with Gasteiger partial charge in [-0.25, -0.2) is 12.7 Å². The molecule has 2 atom stereocenters. The van der Waals surface area contributed by atoms with Gasteiger partial charge in [-0.15, -0.1) is 0 Å². The molecule has 2 aromatic rings. The predicted octanol–water partition coefficient (Wildman–Crippen LogP) is 4.80. The lowest BCUT2D eigenvalue weighted by Crippen LogP contribution is -2.46. The fourth-order valence-electron chi connectivity index (χ4n) is 3.75. The number of hydrogen-bond acceptors (Lipinski definition) is 3. The van der Waals surface area contributed by atoms with Gasteiger partial charge < -0.3 is 5.32 Å². The standard InChI is InChI=1S/C22H26Cl2N2O3S/c1-2-21(16-8-4-3-5-9-16)25-22(27)17-10-7-13-26(14-17)30(28,29)15-18-19(23)11-6-12-20(18)24/h3-6,8-9,11-12,17,21H,2,7,10,13-15H2,1H3,(H,25,27)/t17-,21-/m1/s1. The van der Waals surface area contributed by atoms with E-state index in [1.807, 2.05) is 37.3 Å². The molecule has 1 aliphatic rings. The van der Waals surface area contributed by atoms with Crippen LogP contribution in [0.3, 0.4) is 0 Å². The van der Waals surface area contributed by atoms with Crippen LogP contribution in [0.4, 0.5) is 0 Å². The van der Waals surface area contributed by atoms with Crippen molar-refractivity contribution in [3.05, 3.63) is 69.7 Å². The van der Waals surface area contributed by atoms with Gasteiger partial charge in [-0.1, -0.05) is 66.5 Å². The molecule has 1 heterocycles. The second-order valence-corrected chi connectivity index (χ2v) is 10.3. The Labute approximate surface area is 188 Å². The number of benzene rings is 2. The molecule has 1 amide bonds. The lowest BCUT2D eigenvalue weighted by Gasteiger charge is -2.32. The first kappa shape index (κ1) is 23.1. The molecule has 0 bridgehead atoms. The number of sulfonamides is 1. The minimum absolute atomic E-state index is 0.0902. The number of halogens is 2. The number of piperidine rings is 1. The number of nitrogens with one attached hydrogen (secondary N) is 1. The molecule has 0 spiro atoms. The van der Waals surface area contributed by atoms with Crippen LogP contribution >= 0.6 is 23.2 Å². The fraction of sp³-hybridized carbons (Fsp3) is 0.409. The van der Waals surface area contributed by atoms with Gasteiger partial charge in [0, 0.05) is 28.7 Å². The van der Waals surface area contributed by atoms with Crippen molar-refractivity contribution in [3.63, 3.8) is 0 Å². The van der Waals surface area contributed by atoms with Crippen molar-refractivity contribution in [3.8, 4) is 0 Å². The lowest BCUT2D eigenvalue weighted by molar-refractivity contribution is -0.126. The molecule has 1 saturated heterocycles. The van der Waals surface area contributed by atoms with Crippen molar-refractivity contribution in [2.45, 2.75) is 38.0 Å². The molecule has 2 aromatic carbocycles. The third kappa shape index (κ3) is 5.55. The van der Waals surface area contributed by atoms with Crippen LogP contribution in [-0.4, -0.2) is 31.7 Å². The van der Waals surface area contributed by atoms with Crippen LogP contribution in [0.25, 0.3) is 0 Å². The Morgan fingerprint density at radius 3 is 2.43 bits per heavy atom. The summed E-state index contributed by atoms with van der Waals surface area (Å²) in [6.07, 6.45) is 2.06. The van der Waals surface area contributed by atoms with Crippen molar-refractivity contribution in [1.29, 1.82) is 0 Å². The van der Waals surface area contributed by atoms with E-state index in [-0.39, 0.29) is 30.2 Å². The van der Waals surface area contributed by atoms with Crippen molar-refractivity contribution in [2.75, 3.05) is 13.1 Å². The topological polar surface area (TPSA) is 66.5 Å². The Morgan fingerprint density at radius 1 is 1.13 bits per heavy atom. The van der Waals surface area contributed by atoms with Gasteiger partial charge in [0.1, 0.15) is 0 Å². The van der Waals surface area contributed by atoms with Gasteiger partial charge in [0.25, 0.3) is 0 Å². The first-order valence-corrected chi connectivity index (χ1v) is 12.4. The number of hydrogen-bond donors (Lipinski definition) is 1. The molecule has 0 aliphatic carbocycles. The first-order chi connectivity index (χ1) is 14.3. The first-order valence-electron chi connectivity index (χ1n) is 10.1. The summed E-state index contributed by atoms with van der Waals surface area (Å²) >= 11 is 12.3. The van der Waals surface area contributed by atoms with E-state index in [9.17, 15) is 13.2 Å². The van der Waals surface area contributed by atoms with E-state index in [0.29, 0.717) is 35.0 Å². The van der Waals surface area contributed by atoms with Gasteiger partial charge >= 0.3 is 0 Å². The van der Waals surface area contributed by atoms with Crippen molar-refractivity contribution >= 4 is 39.1 Å². The molecule has 0 aromatic heterocycles. The Balaban J connectivity index is 1.69.